The van der Waals surface area contributed by atoms with Crippen LogP contribution in [0.1, 0.15) is 20.3 Å². The Morgan fingerprint density at radius 3 is 3.00 bits per heavy atom. The molecule has 12 heavy (non-hydrogen) atoms. The van der Waals surface area contributed by atoms with Crippen LogP contribution < -0.4 is 5.32 Å². The highest BCUT2D eigenvalue weighted by Gasteiger charge is 2.20. The summed E-state index contributed by atoms with van der Waals surface area (Å²) in [6.07, 6.45) is 6.51. The lowest BCUT2D eigenvalue weighted by molar-refractivity contribution is 0.175. The Morgan fingerprint density at radius 1 is 1.75 bits per heavy atom. The van der Waals surface area contributed by atoms with Crippen LogP contribution in [-0.4, -0.2) is 36.6 Å². The van der Waals surface area contributed by atoms with Crippen LogP contribution in [0.5, 0.6) is 0 Å². The average Bonchev–Trinajstić information content (AvgIpc) is 2.07. The molecule has 1 aliphatic rings. The van der Waals surface area contributed by atoms with Crippen molar-refractivity contribution in [3.63, 3.8) is 0 Å². The van der Waals surface area contributed by atoms with Crippen LogP contribution in [0.2, 0.25) is 0 Å². The molecule has 1 fully saturated rings. The SMILES string of the molecule is C#CC(CC)N1CCN[C@@H](C)C1. The van der Waals surface area contributed by atoms with Gasteiger partial charge in [-0.1, -0.05) is 12.8 Å². The predicted molar refractivity (Wildman–Crippen MR) is 51.9 cm³/mol. The van der Waals surface area contributed by atoms with Crippen LogP contribution in [0.4, 0.5) is 0 Å². The highest BCUT2D eigenvalue weighted by molar-refractivity contribution is 5.00. The maximum Gasteiger partial charge on any atom is 0.0710 e. The van der Waals surface area contributed by atoms with E-state index in [4.69, 9.17) is 6.42 Å². The lowest BCUT2D eigenvalue weighted by Crippen LogP contribution is -2.52. The van der Waals surface area contributed by atoms with Crippen LogP contribution >= 0.6 is 0 Å². The minimum absolute atomic E-state index is 0.342. The predicted octanol–water partition coefficient (Wildman–Crippen LogP) is 0.692. The smallest absolute Gasteiger partial charge is 0.0710 e. The zero-order valence-corrected chi connectivity index (χ0v) is 8.01. The van der Waals surface area contributed by atoms with Crippen LogP contribution in [0, 0.1) is 12.3 Å². The van der Waals surface area contributed by atoms with Crippen molar-refractivity contribution in [3.8, 4) is 12.3 Å². The van der Waals surface area contributed by atoms with Gasteiger partial charge in [0.05, 0.1) is 6.04 Å². The third kappa shape index (κ3) is 2.23. The monoisotopic (exact) mass is 166 g/mol. The fourth-order valence-corrected chi connectivity index (χ4v) is 1.73. The third-order valence-corrected chi connectivity index (χ3v) is 2.42. The minimum Gasteiger partial charge on any atom is -0.312 e. The van der Waals surface area contributed by atoms with Crippen molar-refractivity contribution < 1.29 is 0 Å². The molecule has 0 aliphatic carbocycles. The molecular weight excluding hydrogens is 148 g/mol. The molecule has 2 atom stereocenters. The number of hydrogen-bond donors (Lipinski definition) is 1. The fraction of sp³-hybridized carbons (Fsp3) is 0.800. The van der Waals surface area contributed by atoms with Gasteiger partial charge in [0.1, 0.15) is 0 Å². The molecule has 0 aromatic rings. The van der Waals surface area contributed by atoms with Gasteiger partial charge in [0.25, 0.3) is 0 Å². The van der Waals surface area contributed by atoms with Crippen molar-refractivity contribution in [2.75, 3.05) is 19.6 Å². The number of rotatable bonds is 2. The summed E-state index contributed by atoms with van der Waals surface area (Å²) in [5.41, 5.74) is 0. The lowest BCUT2D eigenvalue weighted by Gasteiger charge is -2.35. The minimum atomic E-state index is 0.342. The van der Waals surface area contributed by atoms with Crippen LogP contribution in [0.25, 0.3) is 0 Å². The Morgan fingerprint density at radius 2 is 2.50 bits per heavy atom. The molecule has 0 radical (unpaired) electrons. The summed E-state index contributed by atoms with van der Waals surface area (Å²) in [5.74, 6) is 2.84. The van der Waals surface area contributed by atoms with Gasteiger partial charge >= 0.3 is 0 Å². The summed E-state index contributed by atoms with van der Waals surface area (Å²) < 4.78 is 0. The van der Waals surface area contributed by atoms with Crippen molar-refractivity contribution in [2.45, 2.75) is 32.4 Å². The van der Waals surface area contributed by atoms with Gasteiger partial charge < -0.3 is 5.32 Å². The molecule has 0 amide bonds. The number of piperazine rings is 1. The maximum atomic E-state index is 5.45. The van der Waals surface area contributed by atoms with Gasteiger partial charge in [0.2, 0.25) is 0 Å². The zero-order chi connectivity index (χ0) is 8.97. The van der Waals surface area contributed by atoms with Crippen LogP contribution in [0.3, 0.4) is 0 Å². The molecule has 1 N–H and O–H groups in total. The van der Waals surface area contributed by atoms with Gasteiger partial charge in [-0.2, -0.15) is 0 Å². The molecule has 1 rings (SSSR count). The normalized spacial score (nSPS) is 27.9. The molecule has 0 aromatic carbocycles. The standard InChI is InChI=1S/C10H18N2/c1-4-10(5-2)12-7-6-11-9(3)8-12/h1,9-11H,5-8H2,2-3H3/t9-,10?/m0/s1. The summed E-state index contributed by atoms with van der Waals surface area (Å²) in [6, 6.07) is 0.927. The van der Waals surface area contributed by atoms with Gasteiger partial charge in [-0.25, -0.2) is 0 Å². The van der Waals surface area contributed by atoms with Crippen molar-refractivity contribution in [3.05, 3.63) is 0 Å². The van der Waals surface area contributed by atoms with E-state index in [9.17, 15) is 0 Å². The summed E-state index contributed by atoms with van der Waals surface area (Å²) in [4.78, 5) is 2.39. The highest BCUT2D eigenvalue weighted by Crippen LogP contribution is 2.06. The highest BCUT2D eigenvalue weighted by atomic mass is 15.2. The Hall–Kier alpha value is -0.520. The molecule has 1 saturated heterocycles. The van der Waals surface area contributed by atoms with Crippen LogP contribution in [0.15, 0.2) is 0 Å². The van der Waals surface area contributed by atoms with Gasteiger partial charge in [0, 0.05) is 25.7 Å². The summed E-state index contributed by atoms with van der Waals surface area (Å²) in [5, 5.41) is 3.40. The van der Waals surface area contributed by atoms with E-state index in [0.29, 0.717) is 12.1 Å². The fourth-order valence-electron chi connectivity index (χ4n) is 1.73. The third-order valence-electron chi connectivity index (χ3n) is 2.42. The Labute approximate surface area is 75.3 Å². The van der Waals surface area contributed by atoms with E-state index in [-0.39, 0.29) is 0 Å². The summed E-state index contributed by atoms with van der Waals surface area (Å²) in [7, 11) is 0. The van der Waals surface area contributed by atoms with Crippen molar-refractivity contribution in [1.82, 2.24) is 10.2 Å². The average molecular weight is 166 g/mol. The van der Waals surface area contributed by atoms with E-state index < -0.39 is 0 Å². The second-order valence-electron chi connectivity index (χ2n) is 3.44. The van der Waals surface area contributed by atoms with Crippen molar-refractivity contribution in [2.24, 2.45) is 0 Å². The zero-order valence-electron chi connectivity index (χ0n) is 8.01. The Bertz CT molecular complexity index is 171. The first kappa shape index (κ1) is 9.57. The second-order valence-corrected chi connectivity index (χ2v) is 3.44. The molecule has 0 spiro atoms. The van der Waals surface area contributed by atoms with E-state index in [1.54, 1.807) is 0 Å². The van der Waals surface area contributed by atoms with Crippen molar-refractivity contribution >= 4 is 0 Å². The first-order valence-corrected chi connectivity index (χ1v) is 4.71. The topological polar surface area (TPSA) is 15.3 Å². The molecule has 1 heterocycles. The molecule has 1 aliphatic heterocycles. The molecule has 2 heteroatoms. The van der Waals surface area contributed by atoms with E-state index in [1.165, 1.54) is 0 Å². The molecule has 0 saturated carbocycles. The molecule has 0 aromatic heterocycles. The molecule has 1 unspecified atom stereocenters. The number of hydrogen-bond acceptors (Lipinski definition) is 2. The van der Waals surface area contributed by atoms with Gasteiger partial charge in [-0.05, 0) is 13.3 Å². The number of nitrogens with zero attached hydrogens (tertiary/aromatic N) is 1. The van der Waals surface area contributed by atoms with E-state index in [1.807, 2.05) is 0 Å². The first-order valence-electron chi connectivity index (χ1n) is 4.71. The molecular formula is C10H18N2. The van der Waals surface area contributed by atoms with E-state index in [2.05, 4.69) is 30.0 Å². The Balaban J connectivity index is 2.45. The Kier molecular flexibility index (Phi) is 3.58. The largest absolute Gasteiger partial charge is 0.312 e. The first-order chi connectivity index (χ1) is 5.77. The van der Waals surface area contributed by atoms with Gasteiger partial charge in [-0.15, -0.1) is 6.42 Å². The van der Waals surface area contributed by atoms with Gasteiger partial charge in [-0.3, -0.25) is 4.90 Å². The summed E-state index contributed by atoms with van der Waals surface area (Å²) >= 11 is 0. The molecule has 0 bridgehead atoms. The van der Waals surface area contributed by atoms with Crippen LogP contribution in [-0.2, 0) is 0 Å². The quantitative estimate of drug-likeness (QED) is 0.607. The second kappa shape index (κ2) is 4.49. The number of terminal acetylenes is 1. The van der Waals surface area contributed by atoms with E-state index >= 15 is 0 Å². The molecule has 2 nitrogen and oxygen atoms in total. The maximum absolute atomic E-state index is 5.45. The van der Waals surface area contributed by atoms with Gasteiger partial charge in [0.15, 0.2) is 0 Å². The summed E-state index contributed by atoms with van der Waals surface area (Å²) in [6.45, 7) is 7.60. The number of nitrogens with one attached hydrogen (secondary N) is 1. The molecule has 68 valence electrons. The lowest BCUT2D eigenvalue weighted by atomic mass is 10.1. The van der Waals surface area contributed by atoms with Crippen molar-refractivity contribution in [1.29, 1.82) is 0 Å². The van der Waals surface area contributed by atoms with E-state index in [0.717, 1.165) is 26.1 Å².